The number of para-hydroxylation sites is 1. The van der Waals surface area contributed by atoms with Gasteiger partial charge in [-0.05, 0) is 30.3 Å². The van der Waals surface area contributed by atoms with Crippen LogP contribution in [0, 0.1) is 5.82 Å². The zero-order chi connectivity index (χ0) is 18.4. The Balaban J connectivity index is 2.01. The quantitative estimate of drug-likeness (QED) is 0.776. The number of rotatable bonds is 7. The van der Waals surface area contributed by atoms with Crippen LogP contribution in [0.2, 0.25) is 0 Å². The van der Waals surface area contributed by atoms with Crippen molar-refractivity contribution < 1.29 is 27.1 Å². The highest BCUT2D eigenvalue weighted by atomic mass is 32.2. The molecule has 0 heterocycles. The van der Waals surface area contributed by atoms with Gasteiger partial charge >= 0.3 is 0 Å². The summed E-state index contributed by atoms with van der Waals surface area (Å²) in [7, 11) is -2.54. The lowest BCUT2D eigenvalue weighted by molar-refractivity contribution is -0.116. The van der Waals surface area contributed by atoms with Crippen LogP contribution in [-0.4, -0.2) is 28.0 Å². The van der Waals surface area contributed by atoms with Crippen LogP contribution >= 0.6 is 0 Å². The lowest BCUT2D eigenvalue weighted by Crippen LogP contribution is -2.17. The first-order chi connectivity index (χ1) is 11.8. The Morgan fingerprint density at radius 2 is 1.92 bits per heavy atom. The highest BCUT2D eigenvalue weighted by Gasteiger charge is 2.14. The van der Waals surface area contributed by atoms with Crippen molar-refractivity contribution in [1.82, 2.24) is 0 Å². The van der Waals surface area contributed by atoms with Gasteiger partial charge in [0.15, 0.2) is 11.6 Å². The molecule has 0 radical (unpaired) electrons. The Hall–Kier alpha value is -2.65. The maximum absolute atomic E-state index is 13.4. The van der Waals surface area contributed by atoms with Gasteiger partial charge in [-0.3, -0.25) is 4.79 Å². The lowest BCUT2D eigenvalue weighted by Gasteiger charge is -2.12. The molecule has 2 aromatic carbocycles. The van der Waals surface area contributed by atoms with E-state index in [1.54, 1.807) is 6.07 Å². The first-order valence-corrected chi connectivity index (χ1v) is 8.74. The van der Waals surface area contributed by atoms with E-state index in [1.165, 1.54) is 43.5 Å². The van der Waals surface area contributed by atoms with Gasteiger partial charge in [-0.2, -0.15) is 0 Å². The van der Waals surface area contributed by atoms with Crippen LogP contribution < -0.4 is 19.9 Å². The monoisotopic (exact) mass is 368 g/mol. The molecule has 25 heavy (non-hydrogen) atoms. The molecule has 0 aliphatic heterocycles. The second-order valence-electron chi connectivity index (χ2n) is 4.98. The topological polar surface area (TPSA) is 108 Å². The van der Waals surface area contributed by atoms with Crippen LogP contribution in [0.25, 0.3) is 0 Å². The molecule has 134 valence electrons. The number of ether oxygens (including phenoxy) is 2. The fourth-order valence-electron chi connectivity index (χ4n) is 1.99. The van der Waals surface area contributed by atoms with Crippen molar-refractivity contribution in [3.8, 4) is 11.5 Å². The Labute approximate surface area is 144 Å². The van der Waals surface area contributed by atoms with Crippen molar-refractivity contribution in [2.24, 2.45) is 5.14 Å². The molecule has 0 spiro atoms. The number of hydrogen-bond donors (Lipinski definition) is 2. The molecule has 0 unspecified atom stereocenters. The van der Waals surface area contributed by atoms with Gasteiger partial charge in [-0.1, -0.05) is 12.1 Å². The summed E-state index contributed by atoms with van der Waals surface area (Å²) in [6, 6.07) is 9.69. The van der Waals surface area contributed by atoms with Crippen molar-refractivity contribution in [3.05, 3.63) is 48.3 Å². The first kappa shape index (κ1) is 18.7. The maximum atomic E-state index is 13.4. The van der Waals surface area contributed by atoms with Crippen molar-refractivity contribution >= 4 is 21.6 Å². The Kier molecular flexibility index (Phi) is 5.94. The molecule has 0 bridgehead atoms. The molecule has 0 aromatic heterocycles. The molecule has 0 atom stereocenters. The standard InChI is InChI=1S/C16H17FN2O5S/c1-23-15-7-6-11(25(18,21)22)10-13(15)19-16(20)8-9-24-14-5-3-2-4-12(14)17/h2-7,10H,8-9H2,1H3,(H,19,20)(H2,18,21,22). The number of carbonyl (C=O) groups excluding carboxylic acids is 1. The van der Waals surface area contributed by atoms with E-state index in [1.807, 2.05) is 0 Å². The van der Waals surface area contributed by atoms with Crippen molar-refractivity contribution in [3.63, 3.8) is 0 Å². The summed E-state index contributed by atoms with van der Waals surface area (Å²) in [5, 5.41) is 7.59. The highest BCUT2D eigenvalue weighted by Crippen LogP contribution is 2.27. The summed E-state index contributed by atoms with van der Waals surface area (Å²) < 4.78 is 46.5. The SMILES string of the molecule is COc1ccc(S(N)(=O)=O)cc1NC(=O)CCOc1ccccc1F. The van der Waals surface area contributed by atoms with Crippen LogP contribution in [0.5, 0.6) is 11.5 Å². The molecule has 7 nitrogen and oxygen atoms in total. The van der Waals surface area contributed by atoms with E-state index < -0.39 is 21.7 Å². The van der Waals surface area contributed by atoms with Crippen LogP contribution in [0.1, 0.15) is 6.42 Å². The predicted octanol–water partition coefficient (Wildman–Crippen LogP) is 1.89. The number of methoxy groups -OCH3 is 1. The minimum absolute atomic E-state index is 0.0455. The minimum atomic E-state index is -3.92. The van der Waals surface area contributed by atoms with E-state index in [-0.39, 0.29) is 35.1 Å². The van der Waals surface area contributed by atoms with E-state index in [0.29, 0.717) is 0 Å². The van der Waals surface area contributed by atoms with Gasteiger partial charge in [-0.25, -0.2) is 17.9 Å². The Morgan fingerprint density at radius 1 is 1.20 bits per heavy atom. The van der Waals surface area contributed by atoms with E-state index in [0.717, 1.165) is 0 Å². The van der Waals surface area contributed by atoms with E-state index in [9.17, 15) is 17.6 Å². The molecule has 0 saturated carbocycles. The molecule has 0 aliphatic rings. The normalized spacial score (nSPS) is 11.0. The number of carbonyl (C=O) groups is 1. The number of nitrogens with one attached hydrogen (secondary N) is 1. The number of anilines is 1. The third-order valence-electron chi connectivity index (χ3n) is 3.20. The summed E-state index contributed by atoms with van der Waals surface area (Å²) in [5.74, 6) is -0.661. The molecule has 2 aromatic rings. The first-order valence-electron chi connectivity index (χ1n) is 7.19. The average molecular weight is 368 g/mol. The molecular weight excluding hydrogens is 351 g/mol. The van der Waals surface area contributed by atoms with Gasteiger partial charge in [0.25, 0.3) is 0 Å². The lowest BCUT2D eigenvalue weighted by atomic mass is 10.2. The summed E-state index contributed by atoms with van der Waals surface area (Å²) in [4.78, 5) is 11.8. The van der Waals surface area contributed by atoms with Crippen LogP contribution in [0.3, 0.4) is 0 Å². The maximum Gasteiger partial charge on any atom is 0.238 e. The summed E-state index contributed by atoms with van der Waals surface area (Å²) in [6.45, 7) is -0.0516. The number of hydrogen-bond acceptors (Lipinski definition) is 5. The van der Waals surface area contributed by atoms with E-state index in [2.05, 4.69) is 5.32 Å². The Bertz CT molecular complexity index is 871. The minimum Gasteiger partial charge on any atom is -0.495 e. The number of sulfonamides is 1. The van der Waals surface area contributed by atoms with Crippen molar-refractivity contribution in [2.75, 3.05) is 19.0 Å². The molecule has 3 N–H and O–H groups in total. The Morgan fingerprint density at radius 3 is 2.56 bits per heavy atom. The van der Waals surface area contributed by atoms with E-state index >= 15 is 0 Å². The largest absolute Gasteiger partial charge is 0.495 e. The fourth-order valence-corrected chi connectivity index (χ4v) is 2.53. The zero-order valence-corrected chi connectivity index (χ0v) is 14.2. The molecule has 9 heteroatoms. The van der Waals surface area contributed by atoms with Gasteiger partial charge < -0.3 is 14.8 Å². The van der Waals surface area contributed by atoms with Gasteiger partial charge in [-0.15, -0.1) is 0 Å². The number of halogens is 1. The van der Waals surface area contributed by atoms with Crippen LogP contribution in [0.15, 0.2) is 47.4 Å². The molecular formula is C16H17FN2O5S. The summed E-state index contributed by atoms with van der Waals surface area (Å²) >= 11 is 0. The second kappa shape index (κ2) is 7.95. The number of benzene rings is 2. The van der Waals surface area contributed by atoms with E-state index in [4.69, 9.17) is 14.6 Å². The third kappa shape index (κ3) is 5.16. The van der Waals surface area contributed by atoms with Gasteiger partial charge in [0.05, 0.1) is 30.7 Å². The van der Waals surface area contributed by atoms with Gasteiger partial charge in [0, 0.05) is 0 Å². The van der Waals surface area contributed by atoms with Crippen molar-refractivity contribution in [1.29, 1.82) is 0 Å². The summed E-state index contributed by atoms with van der Waals surface area (Å²) in [5.41, 5.74) is 0.157. The highest BCUT2D eigenvalue weighted by molar-refractivity contribution is 7.89. The number of primary sulfonamides is 1. The van der Waals surface area contributed by atoms with Crippen molar-refractivity contribution in [2.45, 2.75) is 11.3 Å². The number of nitrogens with two attached hydrogens (primary N) is 1. The number of amides is 1. The predicted molar refractivity (Wildman–Crippen MR) is 89.5 cm³/mol. The molecule has 0 aliphatic carbocycles. The third-order valence-corrected chi connectivity index (χ3v) is 4.11. The van der Waals surface area contributed by atoms with Crippen LogP contribution in [0.4, 0.5) is 10.1 Å². The second-order valence-corrected chi connectivity index (χ2v) is 6.55. The van der Waals surface area contributed by atoms with Gasteiger partial charge in [0.2, 0.25) is 15.9 Å². The van der Waals surface area contributed by atoms with Gasteiger partial charge in [0.1, 0.15) is 5.75 Å². The molecule has 1 amide bonds. The molecule has 0 fully saturated rings. The molecule has 0 saturated heterocycles. The average Bonchev–Trinajstić information content (AvgIpc) is 2.55. The van der Waals surface area contributed by atoms with Crippen LogP contribution in [-0.2, 0) is 14.8 Å². The summed E-state index contributed by atoms with van der Waals surface area (Å²) in [6.07, 6.45) is -0.0723. The molecule has 2 rings (SSSR count). The smallest absolute Gasteiger partial charge is 0.238 e. The fraction of sp³-hybridized carbons (Fsp3) is 0.188. The zero-order valence-electron chi connectivity index (χ0n) is 13.4.